The van der Waals surface area contributed by atoms with Crippen molar-refractivity contribution in [2.24, 2.45) is 0 Å². The summed E-state index contributed by atoms with van der Waals surface area (Å²) in [6, 6.07) is 12.1. The van der Waals surface area contributed by atoms with Crippen molar-refractivity contribution in [2.45, 2.75) is 0 Å². The Morgan fingerprint density at radius 3 is 2.71 bits per heavy atom. The van der Waals surface area contributed by atoms with Crippen LogP contribution in [0.25, 0.3) is 15.9 Å². The molecular formula is C19H13FN4O3S. The van der Waals surface area contributed by atoms with Crippen LogP contribution in [0.4, 0.5) is 9.52 Å². The summed E-state index contributed by atoms with van der Waals surface area (Å²) >= 11 is 1.26. The van der Waals surface area contributed by atoms with Gasteiger partial charge < -0.3 is 4.74 Å². The molecule has 0 aliphatic rings. The molecule has 1 N–H and O–H groups in total. The first-order chi connectivity index (χ1) is 13.5. The molecule has 2 heterocycles. The molecule has 0 atom stereocenters. The summed E-state index contributed by atoms with van der Waals surface area (Å²) in [6.07, 6.45) is 1.41. The van der Waals surface area contributed by atoms with Crippen LogP contribution < -0.4 is 15.5 Å². The fraction of sp³-hybridized carbons (Fsp3) is 0.0526. The highest BCUT2D eigenvalue weighted by Gasteiger charge is 2.16. The lowest BCUT2D eigenvalue weighted by molar-refractivity contribution is 0.101. The number of carbonyl (C=O) groups is 1. The number of benzene rings is 2. The Morgan fingerprint density at radius 1 is 1.18 bits per heavy atom. The number of halogens is 1. The number of nitrogens with one attached hydrogen (secondary N) is 1. The molecule has 0 spiro atoms. The first kappa shape index (κ1) is 17.8. The topological polar surface area (TPSA) is 86.1 Å². The number of thiazole rings is 1. The van der Waals surface area contributed by atoms with Gasteiger partial charge in [-0.2, -0.15) is 5.10 Å². The molecule has 0 bridgehead atoms. The molecule has 7 nitrogen and oxygen atoms in total. The van der Waals surface area contributed by atoms with Crippen molar-refractivity contribution in [1.29, 1.82) is 0 Å². The zero-order valence-corrected chi connectivity index (χ0v) is 15.4. The maximum atomic E-state index is 13.1. The molecule has 140 valence electrons. The van der Waals surface area contributed by atoms with Gasteiger partial charge >= 0.3 is 0 Å². The number of methoxy groups -OCH3 is 1. The second-order valence-electron chi connectivity index (χ2n) is 5.76. The van der Waals surface area contributed by atoms with E-state index in [1.807, 2.05) is 6.07 Å². The Bertz CT molecular complexity index is 1230. The third-order valence-corrected chi connectivity index (χ3v) is 4.86. The van der Waals surface area contributed by atoms with Crippen molar-refractivity contribution in [3.8, 4) is 11.4 Å². The molecule has 9 heteroatoms. The zero-order valence-electron chi connectivity index (χ0n) is 14.5. The Morgan fingerprint density at radius 2 is 1.96 bits per heavy atom. The van der Waals surface area contributed by atoms with E-state index in [1.165, 1.54) is 52.5 Å². The molecule has 0 radical (unpaired) electrons. The SMILES string of the molecule is COc1ccc2nc(NC(=O)c3nn(-c4ccc(F)cc4)ccc3=O)sc2c1. The lowest BCUT2D eigenvalue weighted by Gasteiger charge is -2.07. The van der Waals surface area contributed by atoms with Gasteiger partial charge in [0.15, 0.2) is 10.8 Å². The minimum Gasteiger partial charge on any atom is -0.497 e. The van der Waals surface area contributed by atoms with Crippen LogP contribution in [0.2, 0.25) is 0 Å². The van der Waals surface area contributed by atoms with Crippen molar-refractivity contribution in [3.63, 3.8) is 0 Å². The summed E-state index contributed by atoms with van der Waals surface area (Å²) in [4.78, 5) is 29.0. The van der Waals surface area contributed by atoms with E-state index in [0.717, 1.165) is 4.70 Å². The normalized spacial score (nSPS) is 10.8. The number of carbonyl (C=O) groups excluding carboxylic acids is 1. The quantitative estimate of drug-likeness (QED) is 0.572. The Labute approximate surface area is 162 Å². The van der Waals surface area contributed by atoms with E-state index >= 15 is 0 Å². The minimum atomic E-state index is -0.674. The van der Waals surface area contributed by atoms with Gasteiger partial charge in [-0.1, -0.05) is 11.3 Å². The molecule has 0 saturated carbocycles. The zero-order chi connectivity index (χ0) is 19.7. The van der Waals surface area contributed by atoms with Gasteiger partial charge in [-0.25, -0.2) is 14.1 Å². The summed E-state index contributed by atoms with van der Waals surface area (Å²) in [6.45, 7) is 0. The number of ether oxygens (including phenoxy) is 1. The molecule has 0 saturated heterocycles. The second kappa shape index (κ2) is 7.20. The number of nitrogens with zero attached hydrogens (tertiary/aromatic N) is 3. The minimum absolute atomic E-state index is 0.288. The van der Waals surface area contributed by atoms with Crippen LogP contribution in [0.3, 0.4) is 0 Å². The van der Waals surface area contributed by atoms with Gasteiger partial charge in [-0.15, -0.1) is 0 Å². The molecule has 2 aromatic heterocycles. The maximum absolute atomic E-state index is 13.1. The Hall–Kier alpha value is -3.59. The molecular weight excluding hydrogens is 383 g/mol. The maximum Gasteiger partial charge on any atom is 0.281 e. The van der Waals surface area contributed by atoms with Crippen molar-refractivity contribution in [1.82, 2.24) is 14.8 Å². The van der Waals surface area contributed by atoms with Gasteiger partial charge in [0.25, 0.3) is 5.91 Å². The number of amides is 1. The highest BCUT2D eigenvalue weighted by Crippen LogP contribution is 2.29. The fourth-order valence-corrected chi connectivity index (χ4v) is 3.43. The first-order valence-electron chi connectivity index (χ1n) is 8.15. The molecule has 0 unspecified atom stereocenters. The van der Waals surface area contributed by atoms with Gasteiger partial charge in [-0.05, 0) is 42.5 Å². The van der Waals surface area contributed by atoms with Crippen LogP contribution in [0.15, 0.2) is 59.5 Å². The Balaban J connectivity index is 1.63. The molecule has 0 fully saturated rings. The summed E-state index contributed by atoms with van der Waals surface area (Å²) < 4.78 is 20.4. The lowest BCUT2D eigenvalue weighted by Crippen LogP contribution is -2.25. The van der Waals surface area contributed by atoms with Gasteiger partial charge in [0, 0.05) is 12.3 Å². The second-order valence-corrected chi connectivity index (χ2v) is 6.79. The van der Waals surface area contributed by atoms with Crippen LogP contribution in [-0.2, 0) is 0 Å². The van der Waals surface area contributed by atoms with Crippen LogP contribution >= 0.6 is 11.3 Å². The van der Waals surface area contributed by atoms with Crippen LogP contribution in [-0.4, -0.2) is 27.8 Å². The highest BCUT2D eigenvalue weighted by atomic mass is 32.1. The van der Waals surface area contributed by atoms with Crippen molar-refractivity contribution >= 4 is 32.6 Å². The summed E-state index contributed by atoms with van der Waals surface area (Å²) in [5, 5.41) is 7.02. The van der Waals surface area contributed by atoms with E-state index in [2.05, 4.69) is 15.4 Å². The molecule has 4 aromatic rings. The van der Waals surface area contributed by atoms with Crippen LogP contribution in [0, 0.1) is 5.82 Å². The standard InChI is InChI=1S/C19H13FN4O3S/c1-27-13-6-7-14-16(10-13)28-19(21-14)22-18(26)17-15(25)8-9-24(23-17)12-4-2-11(20)3-5-12/h2-10H,1H3,(H,21,22,26). The van der Waals surface area contributed by atoms with E-state index in [9.17, 15) is 14.0 Å². The van der Waals surface area contributed by atoms with E-state index in [1.54, 1.807) is 19.2 Å². The van der Waals surface area contributed by atoms with Gasteiger partial charge in [0.1, 0.15) is 11.6 Å². The predicted octanol–water partition coefficient (Wildman–Crippen LogP) is 3.24. The summed E-state index contributed by atoms with van der Waals surface area (Å²) in [5.41, 5.74) is 0.399. The molecule has 1 amide bonds. The number of anilines is 1. The van der Waals surface area contributed by atoms with Crippen molar-refractivity contribution in [2.75, 3.05) is 12.4 Å². The largest absolute Gasteiger partial charge is 0.497 e. The highest BCUT2D eigenvalue weighted by molar-refractivity contribution is 7.22. The van der Waals surface area contributed by atoms with Gasteiger partial charge in [-0.3, -0.25) is 14.9 Å². The smallest absolute Gasteiger partial charge is 0.281 e. The fourth-order valence-electron chi connectivity index (χ4n) is 2.54. The van der Waals surface area contributed by atoms with E-state index in [0.29, 0.717) is 22.1 Å². The predicted molar refractivity (Wildman–Crippen MR) is 104 cm³/mol. The number of hydrogen-bond donors (Lipinski definition) is 1. The van der Waals surface area contributed by atoms with E-state index < -0.39 is 17.2 Å². The molecule has 2 aromatic carbocycles. The van der Waals surface area contributed by atoms with E-state index in [4.69, 9.17) is 4.74 Å². The molecule has 4 rings (SSSR count). The Kier molecular flexibility index (Phi) is 4.58. The average Bonchev–Trinajstić information content (AvgIpc) is 3.10. The van der Waals surface area contributed by atoms with Gasteiger partial charge in [0.2, 0.25) is 5.43 Å². The van der Waals surface area contributed by atoms with Crippen molar-refractivity contribution < 1.29 is 13.9 Å². The average molecular weight is 396 g/mol. The summed E-state index contributed by atoms with van der Waals surface area (Å²) in [7, 11) is 1.57. The first-order valence-corrected chi connectivity index (χ1v) is 8.97. The molecule has 0 aliphatic carbocycles. The van der Waals surface area contributed by atoms with Crippen LogP contribution in [0.5, 0.6) is 5.75 Å². The number of fused-ring (bicyclic) bond motifs is 1. The number of hydrogen-bond acceptors (Lipinski definition) is 6. The monoisotopic (exact) mass is 396 g/mol. The third-order valence-electron chi connectivity index (χ3n) is 3.93. The third kappa shape index (κ3) is 3.47. The number of rotatable bonds is 4. The van der Waals surface area contributed by atoms with Crippen molar-refractivity contribution in [3.05, 3.63) is 76.5 Å². The number of aromatic nitrogens is 3. The van der Waals surface area contributed by atoms with Gasteiger partial charge in [0.05, 0.1) is 23.0 Å². The molecule has 28 heavy (non-hydrogen) atoms. The lowest BCUT2D eigenvalue weighted by atomic mass is 10.3. The van der Waals surface area contributed by atoms with Crippen LogP contribution in [0.1, 0.15) is 10.5 Å². The summed E-state index contributed by atoms with van der Waals surface area (Å²) in [5.74, 6) is -0.386. The van der Waals surface area contributed by atoms with E-state index in [-0.39, 0.29) is 5.69 Å². The molecule has 0 aliphatic heterocycles.